The van der Waals surface area contributed by atoms with Gasteiger partial charge in [-0.15, -0.1) is 24.8 Å². The Morgan fingerprint density at radius 2 is 1.44 bits per heavy atom. The van der Waals surface area contributed by atoms with E-state index in [4.69, 9.17) is 0 Å². The van der Waals surface area contributed by atoms with E-state index in [9.17, 15) is 0 Å². The molecule has 0 heterocycles. The van der Waals surface area contributed by atoms with Crippen LogP contribution in [0.4, 0.5) is 0 Å². The van der Waals surface area contributed by atoms with Crippen LogP contribution < -0.4 is 3.32 Å². The van der Waals surface area contributed by atoms with Crippen molar-refractivity contribution in [1.29, 1.82) is 0 Å². The molecule has 0 saturated carbocycles. The van der Waals surface area contributed by atoms with Crippen molar-refractivity contribution in [3.63, 3.8) is 0 Å². The van der Waals surface area contributed by atoms with E-state index >= 15 is 0 Å². The maximum Gasteiger partial charge on any atom is -0.147 e. The minimum atomic E-state index is -3.63. The topological polar surface area (TPSA) is 0 Å². The van der Waals surface area contributed by atoms with Gasteiger partial charge in [0.05, 0.1) is 0 Å². The molecule has 0 fully saturated rings. The van der Waals surface area contributed by atoms with Crippen LogP contribution in [0.5, 0.6) is 0 Å². The summed E-state index contributed by atoms with van der Waals surface area (Å²) in [6, 6.07) is 12.3. The molecule has 0 nitrogen and oxygen atoms in total. The number of hydrogen-bond donors (Lipinski definition) is 0. The molecule has 0 saturated heterocycles. The summed E-state index contributed by atoms with van der Waals surface area (Å²) in [5.74, 6) is 0. The minimum Gasteiger partial charge on any atom is -0.147 e. The van der Waals surface area contributed by atoms with Crippen LogP contribution in [0.15, 0.2) is 50.9 Å². The fourth-order valence-corrected chi connectivity index (χ4v) is 30.5. The first-order valence-electron chi connectivity index (χ1n) is 13.4. The summed E-state index contributed by atoms with van der Waals surface area (Å²) in [5, 5.41) is 0. The summed E-state index contributed by atoms with van der Waals surface area (Å²) in [6.45, 7) is 21.4. The predicted octanol–water partition coefficient (Wildman–Crippen LogP) is 9.06. The molecule has 0 bridgehead atoms. The molecule has 0 amide bonds. The molecule has 198 valence electrons. The molecule has 0 N–H and O–H groups in total. The third-order valence-corrected chi connectivity index (χ3v) is 31.5. The van der Waals surface area contributed by atoms with Crippen molar-refractivity contribution in [3.8, 4) is 11.1 Å². The minimum absolute atomic E-state index is 0. The van der Waals surface area contributed by atoms with Gasteiger partial charge < -0.3 is 0 Å². The van der Waals surface area contributed by atoms with Gasteiger partial charge in [-0.3, -0.25) is 0 Å². The Morgan fingerprint density at radius 1 is 0.833 bits per heavy atom. The fraction of sp³-hybridized carbons (Fsp3) is 0.500. The largest absolute Gasteiger partial charge is 0.147 e. The summed E-state index contributed by atoms with van der Waals surface area (Å²) in [5.41, 5.74) is 12.9. The van der Waals surface area contributed by atoms with Crippen molar-refractivity contribution in [3.05, 3.63) is 73.1 Å². The van der Waals surface area contributed by atoms with Gasteiger partial charge in [-0.1, -0.05) is 0 Å². The SMILES string of the molecule is CCC1=CC[C]([Hf]([CH3])([CH3])(=[SiH2])[c]2c(C(C)(C)C)ccc3c2Cc2cc(C(C)(C)C)ccc2-3)=C1CC.Cl.Cl. The first-order valence-corrected chi connectivity index (χ1v) is 32.5. The van der Waals surface area contributed by atoms with Gasteiger partial charge in [0.25, 0.3) is 0 Å². The standard InChI is InChI=1S/C21H25.C9H13.2CH3.2ClH.Hf.H2Si/c1-20(2,3)16-7-9-18-14(12-16)11-15-13-17(21(4,5)6)8-10-19(15)18;1-3-8-6-5-7-9(8)4-2;;;;;;/h7-10,12H,11H2,1-6H3;6H,3-5H2,1-2H3;2*1H3;2*1H;;1H2. The van der Waals surface area contributed by atoms with E-state index in [1.165, 1.54) is 41.5 Å². The Morgan fingerprint density at radius 3 is 1.97 bits per heavy atom. The second-order valence-corrected chi connectivity index (χ2v) is 54.5. The van der Waals surface area contributed by atoms with Gasteiger partial charge in [-0.05, 0) is 0 Å². The summed E-state index contributed by atoms with van der Waals surface area (Å²) >= 11 is -3.63. The van der Waals surface area contributed by atoms with Crippen LogP contribution in [-0.2, 0) is 34.4 Å². The first kappa shape index (κ1) is 31.8. The number of hydrogen-bond acceptors (Lipinski definition) is 0. The normalized spacial score (nSPS) is 15.7. The van der Waals surface area contributed by atoms with Gasteiger partial charge in [0.2, 0.25) is 0 Å². The third kappa shape index (κ3) is 5.23. The number of benzene rings is 2. The van der Waals surface area contributed by atoms with E-state index in [1.807, 2.05) is 3.33 Å². The molecule has 2 aromatic carbocycles. The zero-order valence-corrected chi connectivity index (χ0v) is 31.0. The molecule has 2 aliphatic rings. The van der Waals surface area contributed by atoms with Crippen LogP contribution >= 0.6 is 24.8 Å². The summed E-state index contributed by atoms with van der Waals surface area (Å²) < 4.78 is 9.17. The van der Waals surface area contributed by atoms with Gasteiger partial charge in [-0.2, -0.15) is 0 Å². The molecule has 0 atom stereocenters. The zero-order valence-electron chi connectivity index (χ0n) is 24.3. The Hall–Kier alpha value is -0.413. The number of fused-ring (bicyclic) bond motifs is 3. The monoisotopic (exact) mass is 710 g/mol. The van der Waals surface area contributed by atoms with Crippen molar-refractivity contribution < 1.29 is 17.1 Å². The van der Waals surface area contributed by atoms with Crippen LogP contribution in [0.1, 0.15) is 96.9 Å². The molecule has 36 heavy (non-hydrogen) atoms. The van der Waals surface area contributed by atoms with Gasteiger partial charge in [0, 0.05) is 0 Å². The molecule has 0 unspecified atom stereocenters. The predicted molar refractivity (Wildman–Crippen MR) is 167 cm³/mol. The summed E-state index contributed by atoms with van der Waals surface area (Å²) in [6.07, 6.45) is 7.20. The molecule has 4 rings (SSSR count). The third-order valence-electron chi connectivity index (χ3n) is 8.56. The van der Waals surface area contributed by atoms with E-state index in [1.54, 1.807) is 25.6 Å². The van der Waals surface area contributed by atoms with Crippen molar-refractivity contribution in [2.75, 3.05) is 0 Å². The average Bonchev–Trinajstić information content (AvgIpc) is 3.32. The van der Waals surface area contributed by atoms with E-state index in [-0.39, 0.29) is 35.6 Å². The first-order chi connectivity index (χ1) is 15.6. The number of halogens is 2. The van der Waals surface area contributed by atoms with Crippen LogP contribution in [0.25, 0.3) is 11.1 Å². The van der Waals surface area contributed by atoms with Crippen molar-refractivity contribution in [2.45, 2.75) is 101 Å². The van der Waals surface area contributed by atoms with Crippen molar-refractivity contribution in [2.24, 2.45) is 0 Å². The Kier molecular flexibility index (Phi) is 9.09. The number of rotatable bonds is 4. The van der Waals surface area contributed by atoms with E-state index < -0.39 is 17.1 Å². The van der Waals surface area contributed by atoms with Crippen LogP contribution in [-0.4, -0.2) is 6.94 Å². The zero-order chi connectivity index (χ0) is 25.3. The van der Waals surface area contributed by atoms with Crippen molar-refractivity contribution in [1.82, 2.24) is 0 Å². The van der Waals surface area contributed by atoms with Gasteiger partial charge in [0.1, 0.15) is 0 Å². The Bertz CT molecular complexity index is 1310. The quantitative estimate of drug-likeness (QED) is 0.237. The maximum absolute atomic E-state index is 3.63. The van der Waals surface area contributed by atoms with Crippen LogP contribution in [0.3, 0.4) is 0 Å². The Balaban J connectivity index is 0.00000228. The van der Waals surface area contributed by atoms with E-state index in [2.05, 4.69) is 108 Å². The second-order valence-electron chi connectivity index (χ2n) is 13.8. The molecular weight excluding hydrogens is 662 g/mol. The molecule has 0 spiro atoms. The van der Waals surface area contributed by atoms with Gasteiger partial charge >= 0.3 is 213 Å². The van der Waals surface area contributed by atoms with Gasteiger partial charge in [-0.25, -0.2) is 0 Å². The van der Waals surface area contributed by atoms with E-state index in [0.717, 1.165) is 6.42 Å². The molecule has 2 aromatic rings. The van der Waals surface area contributed by atoms with E-state index in [0.29, 0.717) is 0 Å². The van der Waals surface area contributed by atoms with Gasteiger partial charge in [0.15, 0.2) is 0 Å². The van der Waals surface area contributed by atoms with Crippen LogP contribution in [0.2, 0.25) is 9.36 Å². The fourth-order valence-electron chi connectivity index (χ4n) is 6.71. The summed E-state index contributed by atoms with van der Waals surface area (Å²) in [7, 11) is 0. The number of allylic oxidation sites excluding steroid dienone is 4. The smallest absolute Gasteiger partial charge is 0.147 e. The molecule has 0 aliphatic heterocycles. The molecule has 0 radical (unpaired) electrons. The second kappa shape index (κ2) is 10.3. The molecular formula is C32H48Cl2HfSi. The summed E-state index contributed by atoms with van der Waals surface area (Å²) in [4.78, 5) is 0. The molecule has 2 aliphatic carbocycles. The maximum atomic E-state index is 2.75. The average molecular weight is 710 g/mol. The molecule has 0 aromatic heterocycles. The van der Waals surface area contributed by atoms with Crippen LogP contribution in [0, 0.1) is 0 Å². The molecule has 4 heteroatoms. The Labute approximate surface area is 236 Å². The van der Waals surface area contributed by atoms with Crippen molar-refractivity contribution >= 4 is 35.1 Å².